The molecule has 0 radical (unpaired) electrons. The molecule has 2 aromatic carbocycles. The fourth-order valence-corrected chi connectivity index (χ4v) is 2.64. The predicted octanol–water partition coefficient (Wildman–Crippen LogP) is 5.65. The lowest BCUT2D eigenvalue weighted by molar-refractivity contribution is 0.0497. The lowest BCUT2D eigenvalue weighted by Crippen LogP contribution is -2.10. The lowest BCUT2D eigenvalue weighted by atomic mass is 10.1. The van der Waals surface area contributed by atoms with Gasteiger partial charge in [-0.2, -0.15) is 0 Å². The molecule has 0 heterocycles. The lowest BCUT2D eigenvalue weighted by Gasteiger charge is -2.08. The number of hydrogen-bond acceptors (Lipinski definition) is 4. The Kier molecular flexibility index (Phi) is 8.05. The SMILES string of the molecule is CCCCCCCOC(=O)c1ccc(C(=O)Oc2ccc(C)c(C)c2)cc1. The Labute approximate surface area is 161 Å². The molecule has 0 aliphatic carbocycles. The molecule has 0 aliphatic rings. The van der Waals surface area contributed by atoms with Crippen molar-refractivity contribution in [3.05, 3.63) is 64.7 Å². The van der Waals surface area contributed by atoms with Crippen molar-refractivity contribution in [3.63, 3.8) is 0 Å². The zero-order chi connectivity index (χ0) is 19.6. The highest BCUT2D eigenvalue weighted by molar-refractivity contribution is 5.94. The third-order valence-corrected chi connectivity index (χ3v) is 4.53. The number of benzene rings is 2. The first-order chi connectivity index (χ1) is 13.0. The Morgan fingerprint density at radius 1 is 0.778 bits per heavy atom. The van der Waals surface area contributed by atoms with Crippen LogP contribution in [0.5, 0.6) is 5.75 Å². The molecule has 0 spiro atoms. The van der Waals surface area contributed by atoms with Gasteiger partial charge in [0.15, 0.2) is 0 Å². The van der Waals surface area contributed by atoms with Gasteiger partial charge in [-0.3, -0.25) is 0 Å². The van der Waals surface area contributed by atoms with Gasteiger partial charge < -0.3 is 9.47 Å². The number of ether oxygens (including phenoxy) is 2. The van der Waals surface area contributed by atoms with Crippen LogP contribution in [0.15, 0.2) is 42.5 Å². The molecule has 0 N–H and O–H groups in total. The van der Waals surface area contributed by atoms with Crippen molar-refractivity contribution in [1.29, 1.82) is 0 Å². The van der Waals surface area contributed by atoms with Gasteiger partial charge in [0, 0.05) is 0 Å². The van der Waals surface area contributed by atoms with Crippen molar-refractivity contribution in [2.45, 2.75) is 52.9 Å². The minimum Gasteiger partial charge on any atom is -0.462 e. The van der Waals surface area contributed by atoms with Crippen LogP contribution in [0, 0.1) is 13.8 Å². The van der Waals surface area contributed by atoms with E-state index in [0.29, 0.717) is 23.5 Å². The number of hydrogen-bond donors (Lipinski definition) is 0. The highest BCUT2D eigenvalue weighted by atomic mass is 16.5. The Morgan fingerprint density at radius 2 is 1.41 bits per heavy atom. The van der Waals surface area contributed by atoms with Crippen LogP contribution in [-0.2, 0) is 4.74 Å². The van der Waals surface area contributed by atoms with Gasteiger partial charge in [0.05, 0.1) is 17.7 Å². The summed E-state index contributed by atoms with van der Waals surface area (Å²) in [5.41, 5.74) is 3.03. The number of carbonyl (C=O) groups is 2. The summed E-state index contributed by atoms with van der Waals surface area (Å²) < 4.78 is 10.7. The summed E-state index contributed by atoms with van der Waals surface area (Å²) in [7, 11) is 0. The molecule has 0 aliphatic heterocycles. The topological polar surface area (TPSA) is 52.6 Å². The number of aryl methyl sites for hydroxylation is 2. The standard InChI is InChI=1S/C23H28O4/c1-4-5-6-7-8-15-26-22(24)19-10-12-20(13-11-19)23(25)27-21-14-9-17(2)18(3)16-21/h9-14,16H,4-8,15H2,1-3H3. The molecule has 0 saturated carbocycles. The van der Waals surface area contributed by atoms with E-state index >= 15 is 0 Å². The van der Waals surface area contributed by atoms with Gasteiger partial charge in [0.2, 0.25) is 0 Å². The van der Waals surface area contributed by atoms with Gasteiger partial charge in [-0.15, -0.1) is 0 Å². The van der Waals surface area contributed by atoms with Crippen LogP contribution in [0.1, 0.15) is 70.9 Å². The van der Waals surface area contributed by atoms with Crippen LogP contribution in [0.25, 0.3) is 0 Å². The second kappa shape index (κ2) is 10.5. The minimum atomic E-state index is -0.450. The zero-order valence-electron chi connectivity index (χ0n) is 16.4. The molecule has 0 unspecified atom stereocenters. The monoisotopic (exact) mass is 368 g/mol. The molecule has 4 nitrogen and oxygen atoms in total. The van der Waals surface area contributed by atoms with E-state index in [1.165, 1.54) is 19.3 Å². The van der Waals surface area contributed by atoms with E-state index in [-0.39, 0.29) is 5.97 Å². The molecule has 4 heteroatoms. The van der Waals surface area contributed by atoms with Gasteiger partial charge in [-0.1, -0.05) is 38.7 Å². The molecular formula is C23H28O4. The third-order valence-electron chi connectivity index (χ3n) is 4.53. The molecule has 0 saturated heterocycles. The van der Waals surface area contributed by atoms with E-state index in [1.54, 1.807) is 30.3 Å². The van der Waals surface area contributed by atoms with Crippen molar-refractivity contribution in [2.24, 2.45) is 0 Å². The molecule has 27 heavy (non-hydrogen) atoms. The summed E-state index contributed by atoms with van der Waals surface area (Å²) in [5.74, 6) is -0.302. The largest absolute Gasteiger partial charge is 0.462 e. The second-order valence-electron chi connectivity index (χ2n) is 6.76. The quantitative estimate of drug-likeness (QED) is 0.326. The van der Waals surface area contributed by atoms with Crippen molar-refractivity contribution < 1.29 is 19.1 Å². The Morgan fingerprint density at radius 3 is 2.04 bits per heavy atom. The van der Waals surface area contributed by atoms with Crippen LogP contribution >= 0.6 is 0 Å². The van der Waals surface area contributed by atoms with Gasteiger partial charge in [0.25, 0.3) is 0 Å². The second-order valence-corrected chi connectivity index (χ2v) is 6.76. The van der Waals surface area contributed by atoms with Gasteiger partial charge in [-0.05, 0) is 67.8 Å². The Balaban J connectivity index is 1.85. The minimum absolute atomic E-state index is 0.362. The first kappa shape index (κ1) is 20.7. The van der Waals surface area contributed by atoms with Crippen molar-refractivity contribution in [3.8, 4) is 5.75 Å². The highest BCUT2D eigenvalue weighted by Crippen LogP contribution is 2.18. The van der Waals surface area contributed by atoms with Crippen LogP contribution < -0.4 is 4.74 Å². The molecule has 0 amide bonds. The molecule has 2 rings (SSSR count). The van der Waals surface area contributed by atoms with Gasteiger partial charge in [0.1, 0.15) is 5.75 Å². The first-order valence-electron chi connectivity index (χ1n) is 9.58. The van der Waals surface area contributed by atoms with Crippen LogP contribution in [-0.4, -0.2) is 18.5 Å². The summed E-state index contributed by atoms with van der Waals surface area (Å²) >= 11 is 0. The Bertz CT molecular complexity index is 762. The smallest absolute Gasteiger partial charge is 0.343 e. The van der Waals surface area contributed by atoms with Crippen LogP contribution in [0.4, 0.5) is 0 Å². The van der Waals surface area contributed by atoms with E-state index in [1.807, 2.05) is 26.0 Å². The molecule has 2 aromatic rings. The number of unbranched alkanes of at least 4 members (excludes halogenated alkanes) is 4. The average Bonchev–Trinajstić information content (AvgIpc) is 2.67. The average molecular weight is 368 g/mol. The van der Waals surface area contributed by atoms with E-state index in [2.05, 4.69) is 6.92 Å². The highest BCUT2D eigenvalue weighted by Gasteiger charge is 2.12. The predicted molar refractivity (Wildman–Crippen MR) is 106 cm³/mol. The molecule has 0 atom stereocenters. The van der Waals surface area contributed by atoms with Gasteiger partial charge >= 0.3 is 11.9 Å². The van der Waals surface area contributed by atoms with E-state index in [0.717, 1.165) is 24.0 Å². The maximum atomic E-state index is 12.3. The molecular weight excluding hydrogens is 340 g/mol. The molecule has 0 fully saturated rings. The number of carbonyl (C=O) groups excluding carboxylic acids is 2. The maximum absolute atomic E-state index is 12.3. The molecule has 144 valence electrons. The molecule has 0 bridgehead atoms. The summed E-state index contributed by atoms with van der Waals surface area (Å²) in [4.78, 5) is 24.3. The van der Waals surface area contributed by atoms with Gasteiger partial charge in [-0.25, -0.2) is 9.59 Å². The summed E-state index contributed by atoms with van der Waals surface area (Å²) in [6.45, 7) is 6.57. The molecule has 0 aromatic heterocycles. The Hall–Kier alpha value is -2.62. The van der Waals surface area contributed by atoms with Crippen LogP contribution in [0.3, 0.4) is 0 Å². The van der Waals surface area contributed by atoms with Crippen LogP contribution in [0.2, 0.25) is 0 Å². The fourth-order valence-electron chi connectivity index (χ4n) is 2.64. The summed E-state index contributed by atoms with van der Waals surface area (Å²) in [6, 6.07) is 11.9. The summed E-state index contributed by atoms with van der Waals surface area (Å²) in [5, 5.41) is 0. The fraction of sp³-hybridized carbons (Fsp3) is 0.391. The van der Waals surface area contributed by atoms with E-state index in [4.69, 9.17) is 9.47 Å². The zero-order valence-corrected chi connectivity index (χ0v) is 16.4. The normalized spacial score (nSPS) is 10.5. The first-order valence-corrected chi connectivity index (χ1v) is 9.58. The van der Waals surface area contributed by atoms with Crippen molar-refractivity contribution in [1.82, 2.24) is 0 Å². The summed E-state index contributed by atoms with van der Waals surface area (Å²) in [6.07, 6.45) is 5.54. The maximum Gasteiger partial charge on any atom is 0.343 e. The van der Waals surface area contributed by atoms with Crippen molar-refractivity contribution in [2.75, 3.05) is 6.61 Å². The number of esters is 2. The van der Waals surface area contributed by atoms with E-state index < -0.39 is 5.97 Å². The van der Waals surface area contributed by atoms with Crippen molar-refractivity contribution >= 4 is 11.9 Å². The number of rotatable bonds is 9. The third kappa shape index (κ3) is 6.55. The van der Waals surface area contributed by atoms with E-state index in [9.17, 15) is 9.59 Å².